The number of aryl methyl sites for hydroxylation is 1. The molecule has 0 N–H and O–H groups in total. The first-order valence-electron chi connectivity index (χ1n) is 3.89. The van der Waals surface area contributed by atoms with Gasteiger partial charge in [0.25, 0.3) is 0 Å². The van der Waals surface area contributed by atoms with Crippen LogP contribution in [0.3, 0.4) is 0 Å². The highest BCUT2D eigenvalue weighted by atomic mass is 15.0. The van der Waals surface area contributed by atoms with Gasteiger partial charge in [0.1, 0.15) is 0 Å². The molecule has 0 aliphatic rings. The quantitative estimate of drug-likeness (QED) is 0.622. The van der Waals surface area contributed by atoms with Gasteiger partial charge in [-0.15, -0.1) is 0 Å². The van der Waals surface area contributed by atoms with Gasteiger partial charge < -0.3 is 4.90 Å². The van der Waals surface area contributed by atoms with Crippen LogP contribution in [0, 0.1) is 6.92 Å². The van der Waals surface area contributed by atoms with E-state index in [0.717, 1.165) is 6.54 Å². The second kappa shape index (κ2) is 3.54. The molecule has 60 valence electrons. The Morgan fingerprint density at radius 2 is 2.00 bits per heavy atom. The Bertz CT molecular complexity index is 228. The molecule has 0 bridgehead atoms. The van der Waals surface area contributed by atoms with Crippen molar-refractivity contribution in [2.45, 2.75) is 13.5 Å². The highest BCUT2D eigenvalue weighted by Crippen LogP contribution is 2.04. The molecular weight excluding hydrogens is 134 g/mol. The van der Waals surface area contributed by atoms with Crippen molar-refractivity contribution in [1.82, 2.24) is 4.90 Å². The Morgan fingerprint density at radius 3 is 2.55 bits per heavy atom. The van der Waals surface area contributed by atoms with E-state index in [1.54, 1.807) is 0 Å². The molecule has 0 aliphatic heterocycles. The number of benzene rings is 1. The lowest BCUT2D eigenvalue weighted by Gasteiger charge is -2.09. The smallest absolute Gasteiger partial charge is 0.0227 e. The lowest BCUT2D eigenvalue weighted by molar-refractivity contribution is 0.402. The van der Waals surface area contributed by atoms with Crippen LogP contribution in [0.2, 0.25) is 0 Å². The molecule has 0 saturated heterocycles. The average molecular weight is 149 g/mol. The van der Waals surface area contributed by atoms with E-state index in [-0.39, 0.29) is 0 Å². The summed E-state index contributed by atoms with van der Waals surface area (Å²) >= 11 is 0. The standard InChI is InChI=1S/C10H15N/c1-9-5-4-6-10(7-9)8-11(2)3/h4-7H,8H2,1-3H3. The molecule has 0 aliphatic carbocycles. The second-order valence-corrected chi connectivity index (χ2v) is 3.23. The molecule has 1 heteroatoms. The molecule has 1 nitrogen and oxygen atoms in total. The molecule has 1 aromatic rings. The minimum atomic E-state index is 1.03. The molecule has 11 heavy (non-hydrogen) atoms. The van der Waals surface area contributed by atoms with E-state index >= 15 is 0 Å². The van der Waals surface area contributed by atoms with E-state index < -0.39 is 0 Å². The highest BCUT2D eigenvalue weighted by molar-refractivity contribution is 5.21. The number of hydrogen-bond acceptors (Lipinski definition) is 1. The zero-order valence-corrected chi connectivity index (χ0v) is 7.46. The predicted molar refractivity (Wildman–Crippen MR) is 48.6 cm³/mol. The Kier molecular flexibility index (Phi) is 2.66. The predicted octanol–water partition coefficient (Wildman–Crippen LogP) is 2.06. The summed E-state index contributed by atoms with van der Waals surface area (Å²) in [5.74, 6) is 0. The van der Waals surface area contributed by atoms with Gasteiger partial charge in [0.05, 0.1) is 0 Å². The Labute approximate surface area is 68.7 Å². The third-order valence-corrected chi connectivity index (χ3v) is 1.58. The maximum absolute atomic E-state index is 2.22. The zero-order chi connectivity index (χ0) is 8.27. The maximum Gasteiger partial charge on any atom is 0.0227 e. The van der Waals surface area contributed by atoms with Crippen LogP contribution >= 0.6 is 0 Å². The van der Waals surface area contributed by atoms with Gasteiger partial charge in [0.15, 0.2) is 0 Å². The molecule has 0 unspecified atom stereocenters. The molecule has 0 amide bonds. The fraction of sp³-hybridized carbons (Fsp3) is 0.400. The molecule has 0 spiro atoms. The summed E-state index contributed by atoms with van der Waals surface area (Å²) in [6, 6.07) is 8.61. The minimum absolute atomic E-state index is 1.03. The van der Waals surface area contributed by atoms with Gasteiger partial charge in [-0.25, -0.2) is 0 Å². The van der Waals surface area contributed by atoms with Gasteiger partial charge >= 0.3 is 0 Å². The maximum atomic E-state index is 2.22. The summed E-state index contributed by atoms with van der Waals surface area (Å²) in [5, 5.41) is 0. The molecule has 1 rings (SSSR count). The van der Waals surface area contributed by atoms with E-state index in [4.69, 9.17) is 0 Å². The monoisotopic (exact) mass is 149 g/mol. The summed E-state index contributed by atoms with van der Waals surface area (Å²) in [4.78, 5) is 2.18. The number of nitrogens with zero attached hydrogens (tertiary/aromatic N) is 1. The van der Waals surface area contributed by atoms with Crippen molar-refractivity contribution in [3.05, 3.63) is 35.4 Å². The van der Waals surface area contributed by atoms with Crippen LogP contribution < -0.4 is 0 Å². The van der Waals surface area contributed by atoms with Gasteiger partial charge in [-0.05, 0) is 26.6 Å². The molecule has 0 saturated carbocycles. The average Bonchev–Trinajstić information content (AvgIpc) is 1.85. The minimum Gasteiger partial charge on any atom is -0.305 e. The van der Waals surface area contributed by atoms with Crippen LogP contribution in [0.4, 0.5) is 0 Å². The molecular formula is C10H15N. The fourth-order valence-corrected chi connectivity index (χ4v) is 1.18. The molecule has 0 atom stereocenters. The third kappa shape index (κ3) is 2.72. The van der Waals surface area contributed by atoms with Crippen LogP contribution in [-0.4, -0.2) is 19.0 Å². The molecule has 0 fully saturated rings. The van der Waals surface area contributed by atoms with Gasteiger partial charge in [-0.1, -0.05) is 29.8 Å². The first-order chi connectivity index (χ1) is 5.18. The van der Waals surface area contributed by atoms with Crippen molar-refractivity contribution >= 4 is 0 Å². The van der Waals surface area contributed by atoms with Gasteiger partial charge in [0.2, 0.25) is 0 Å². The summed E-state index contributed by atoms with van der Waals surface area (Å²) in [6.07, 6.45) is 0. The van der Waals surface area contributed by atoms with Gasteiger partial charge in [0, 0.05) is 6.54 Å². The summed E-state index contributed by atoms with van der Waals surface area (Å²) in [5.41, 5.74) is 2.72. The van der Waals surface area contributed by atoms with E-state index in [1.165, 1.54) is 11.1 Å². The van der Waals surface area contributed by atoms with E-state index in [0.29, 0.717) is 0 Å². The fourth-order valence-electron chi connectivity index (χ4n) is 1.18. The molecule has 0 aromatic heterocycles. The number of rotatable bonds is 2. The van der Waals surface area contributed by atoms with E-state index in [1.807, 2.05) is 0 Å². The first kappa shape index (κ1) is 8.28. The highest BCUT2D eigenvalue weighted by Gasteiger charge is 1.93. The summed E-state index contributed by atoms with van der Waals surface area (Å²) in [7, 11) is 4.17. The van der Waals surface area contributed by atoms with Crippen molar-refractivity contribution in [3.63, 3.8) is 0 Å². The molecule has 0 heterocycles. The van der Waals surface area contributed by atoms with Gasteiger partial charge in [-0.2, -0.15) is 0 Å². The zero-order valence-electron chi connectivity index (χ0n) is 7.46. The third-order valence-electron chi connectivity index (χ3n) is 1.58. The van der Waals surface area contributed by atoms with Crippen molar-refractivity contribution in [1.29, 1.82) is 0 Å². The van der Waals surface area contributed by atoms with Crippen molar-refractivity contribution < 1.29 is 0 Å². The van der Waals surface area contributed by atoms with Crippen LogP contribution in [0.1, 0.15) is 11.1 Å². The number of hydrogen-bond donors (Lipinski definition) is 0. The van der Waals surface area contributed by atoms with Crippen LogP contribution in [0.25, 0.3) is 0 Å². The van der Waals surface area contributed by atoms with E-state index in [9.17, 15) is 0 Å². The Hall–Kier alpha value is -0.820. The molecule has 0 radical (unpaired) electrons. The van der Waals surface area contributed by atoms with Gasteiger partial charge in [-0.3, -0.25) is 0 Å². The topological polar surface area (TPSA) is 3.24 Å². The van der Waals surface area contributed by atoms with Crippen LogP contribution in [-0.2, 0) is 6.54 Å². The largest absolute Gasteiger partial charge is 0.305 e. The summed E-state index contributed by atoms with van der Waals surface area (Å²) < 4.78 is 0. The van der Waals surface area contributed by atoms with Crippen LogP contribution in [0.5, 0.6) is 0 Å². The SMILES string of the molecule is Cc1cccc(CN(C)C)c1. The second-order valence-electron chi connectivity index (χ2n) is 3.23. The molecule has 1 aromatic carbocycles. The van der Waals surface area contributed by atoms with Crippen molar-refractivity contribution in [2.75, 3.05) is 14.1 Å². The Balaban J connectivity index is 2.71. The first-order valence-corrected chi connectivity index (χ1v) is 3.89. The lowest BCUT2D eigenvalue weighted by Crippen LogP contribution is -2.10. The van der Waals surface area contributed by atoms with Crippen LogP contribution in [0.15, 0.2) is 24.3 Å². The van der Waals surface area contributed by atoms with E-state index in [2.05, 4.69) is 50.2 Å². The van der Waals surface area contributed by atoms with Crippen molar-refractivity contribution in [3.8, 4) is 0 Å². The summed E-state index contributed by atoms with van der Waals surface area (Å²) in [6.45, 7) is 3.15. The Morgan fingerprint density at radius 1 is 1.27 bits per heavy atom. The normalized spacial score (nSPS) is 10.5. The van der Waals surface area contributed by atoms with Crippen molar-refractivity contribution in [2.24, 2.45) is 0 Å². The lowest BCUT2D eigenvalue weighted by atomic mass is 10.1.